The maximum absolute atomic E-state index is 10.1. The number of hydrogen-bond donors (Lipinski definition) is 3. The molecule has 0 bridgehead atoms. The molecule has 0 saturated carbocycles. The van der Waals surface area contributed by atoms with Crippen molar-refractivity contribution in [3.63, 3.8) is 0 Å². The summed E-state index contributed by atoms with van der Waals surface area (Å²) in [6.45, 7) is 1.79. The molecule has 0 unspecified atom stereocenters. The molecule has 0 spiro atoms. The molecule has 0 fully saturated rings. The zero-order valence-corrected chi connectivity index (χ0v) is 11.9. The molecule has 4 N–H and O–H groups in total. The fraction of sp³-hybridized carbons (Fsp3) is 0.0625. The molecule has 6 nitrogen and oxygen atoms in total. The first kappa shape index (κ1) is 13.8. The molecule has 3 aromatic rings. The Balaban J connectivity index is 2.12. The summed E-state index contributed by atoms with van der Waals surface area (Å²) in [4.78, 5) is 12.6. The topological polar surface area (TPSA) is 105 Å². The molecule has 0 aliphatic carbocycles. The lowest BCUT2D eigenvalue weighted by Gasteiger charge is -2.08. The van der Waals surface area contributed by atoms with Crippen LogP contribution in [0.5, 0.6) is 11.5 Å². The van der Waals surface area contributed by atoms with E-state index in [1.807, 2.05) is 0 Å². The fourth-order valence-corrected chi connectivity index (χ4v) is 2.15. The number of pyridine rings is 1. The van der Waals surface area contributed by atoms with Gasteiger partial charge in [0, 0.05) is 11.3 Å². The van der Waals surface area contributed by atoms with Gasteiger partial charge in [0.25, 0.3) is 0 Å². The van der Waals surface area contributed by atoms with Crippen LogP contribution in [0, 0.1) is 6.92 Å². The van der Waals surface area contributed by atoms with Crippen molar-refractivity contribution in [2.45, 2.75) is 6.92 Å². The average molecular weight is 294 g/mol. The maximum Gasteiger partial charge on any atom is 0.220 e. The third kappa shape index (κ3) is 2.67. The van der Waals surface area contributed by atoms with Crippen molar-refractivity contribution < 1.29 is 10.2 Å². The molecule has 2 heterocycles. The smallest absolute Gasteiger partial charge is 0.220 e. The minimum absolute atomic E-state index is 0.0139. The number of nitrogens with zero attached hydrogens (tertiary/aromatic N) is 3. The number of aromatic hydroxyl groups is 2. The number of hydrogen-bond acceptors (Lipinski definition) is 6. The molecule has 1 aromatic carbocycles. The summed E-state index contributed by atoms with van der Waals surface area (Å²) >= 11 is 0. The summed E-state index contributed by atoms with van der Waals surface area (Å²) in [6.07, 6.45) is 0. The van der Waals surface area contributed by atoms with Gasteiger partial charge in [-0.2, -0.15) is 0 Å². The Morgan fingerprint density at radius 1 is 0.864 bits per heavy atom. The molecule has 0 aliphatic heterocycles. The highest BCUT2D eigenvalue weighted by Crippen LogP contribution is 2.30. The Labute approximate surface area is 126 Å². The van der Waals surface area contributed by atoms with E-state index in [-0.39, 0.29) is 17.4 Å². The van der Waals surface area contributed by atoms with E-state index < -0.39 is 0 Å². The molecular weight excluding hydrogens is 280 g/mol. The summed E-state index contributed by atoms with van der Waals surface area (Å²) in [5, 5.41) is 19.4. The quantitative estimate of drug-likeness (QED) is 0.670. The predicted molar refractivity (Wildman–Crippen MR) is 83.2 cm³/mol. The molecule has 0 saturated heterocycles. The van der Waals surface area contributed by atoms with Gasteiger partial charge in [-0.15, -0.1) is 0 Å². The van der Waals surface area contributed by atoms with Crippen LogP contribution in [0.25, 0.3) is 22.6 Å². The zero-order valence-electron chi connectivity index (χ0n) is 11.9. The predicted octanol–water partition coefficient (Wildman–Crippen LogP) is 2.51. The Morgan fingerprint density at radius 3 is 2.27 bits per heavy atom. The van der Waals surface area contributed by atoms with E-state index in [0.29, 0.717) is 22.8 Å². The van der Waals surface area contributed by atoms with E-state index in [9.17, 15) is 10.2 Å². The van der Waals surface area contributed by atoms with Gasteiger partial charge in [0.2, 0.25) is 5.95 Å². The Morgan fingerprint density at radius 2 is 1.59 bits per heavy atom. The van der Waals surface area contributed by atoms with Crippen molar-refractivity contribution in [3.8, 4) is 34.1 Å². The van der Waals surface area contributed by atoms with E-state index in [2.05, 4.69) is 15.0 Å². The van der Waals surface area contributed by atoms with Crippen molar-refractivity contribution in [1.29, 1.82) is 0 Å². The number of phenols is 1. The Kier molecular flexibility index (Phi) is 3.34. The van der Waals surface area contributed by atoms with Crippen LogP contribution in [0.3, 0.4) is 0 Å². The van der Waals surface area contributed by atoms with Crippen LogP contribution in [-0.4, -0.2) is 25.2 Å². The Hall–Kier alpha value is -3.15. The van der Waals surface area contributed by atoms with Crippen LogP contribution in [-0.2, 0) is 0 Å². The van der Waals surface area contributed by atoms with Crippen LogP contribution >= 0.6 is 0 Å². The number of rotatable bonds is 2. The van der Waals surface area contributed by atoms with Crippen molar-refractivity contribution in [3.05, 3.63) is 48.2 Å². The monoisotopic (exact) mass is 294 g/mol. The summed E-state index contributed by atoms with van der Waals surface area (Å²) in [5.41, 5.74) is 8.62. The van der Waals surface area contributed by atoms with Gasteiger partial charge in [-0.1, -0.05) is 0 Å². The van der Waals surface area contributed by atoms with Gasteiger partial charge in [0.05, 0.1) is 11.4 Å². The average Bonchev–Trinajstić information content (AvgIpc) is 2.47. The van der Waals surface area contributed by atoms with Gasteiger partial charge in [0.15, 0.2) is 0 Å². The highest BCUT2D eigenvalue weighted by molar-refractivity contribution is 5.69. The van der Waals surface area contributed by atoms with Crippen LogP contribution in [0.2, 0.25) is 0 Å². The minimum atomic E-state index is 0.0139. The normalized spacial score (nSPS) is 10.6. The molecule has 0 aliphatic rings. The van der Waals surface area contributed by atoms with Gasteiger partial charge in [-0.3, -0.25) is 0 Å². The third-order valence-electron chi connectivity index (χ3n) is 3.15. The molecule has 0 atom stereocenters. The standard InChI is InChI=1S/C16H14N4O2/c1-9-8-13(20-16(17)18-9)15-14(22)7-6-12(19-15)10-2-4-11(21)5-3-10/h2-8,21-22H,1H3,(H2,17,18,20). The first-order valence-corrected chi connectivity index (χ1v) is 6.64. The van der Waals surface area contributed by atoms with Crippen molar-refractivity contribution in [2.24, 2.45) is 0 Å². The highest BCUT2D eigenvalue weighted by Gasteiger charge is 2.12. The number of phenolic OH excluding ortho intramolecular Hbond substituents is 1. The molecule has 0 radical (unpaired) electrons. The van der Waals surface area contributed by atoms with Gasteiger partial charge >= 0.3 is 0 Å². The summed E-state index contributed by atoms with van der Waals surface area (Å²) in [5.74, 6) is 0.327. The van der Waals surface area contributed by atoms with Gasteiger partial charge in [-0.05, 0) is 49.4 Å². The lowest BCUT2D eigenvalue weighted by Crippen LogP contribution is -1.99. The first-order valence-electron chi connectivity index (χ1n) is 6.64. The summed E-state index contributed by atoms with van der Waals surface area (Å²) in [7, 11) is 0. The second kappa shape index (κ2) is 5.33. The second-order valence-corrected chi connectivity index (χ2v) is 4.86. The van der Waals surface area contributed by atoms with E-state index in [4.69, 9.17) is 5.73 Å². The molecule has 6 heteroatoms. The molecular formula is C16H14N4O2. The third-order valence-corrected chi connectivity index (χ3v) is 3.15. The van der Waals surface area contributed by atoms with E-state index in [1.54, 1.807) is 49.4 Å². The Bertz CT molecular complexity index is 812. The van der Waals surface area contributed by atoms with E-state index >= 15 is 0 Å². The molecule has 110 valence electrons. The lowest BCUT2D eigenvalue weighted by atomic mass is 10.1. The zero-order chi connectivity index (χ0) is 15.7. The molecule has 3 rings (SSSR count). The minimum Gasteiger partial charge on any atom is -0.508 e. The number of nitrogens with two attached hydrogens (primary N) is 1. The van der Waals surface area contributed by atoms with Gasteiger partial charge < -0.3 is 15.9 Å². The SMILES string of the molecule is Cc1cc(-c2nc(-c3ccc(O)cc3)ccc2O)nc(N)n1. The lowest BCUT2D eigenvalue weighted by molar-refractivity contribution is 0.474. The fourth-order valence-electron chi connectivity index (χ4n) is 2.15. The second-order valence-electron chi connectivity index (χ2n) is 4.86. The first-order chi connectivity index (χ1) is 10.5. The number of aromatic nitrogens is 3. The summed E-state index contributed by atoms with van der Waals surface area (Å²) in [6, 6.07) is 11.6. The van der Waals surface area contributed by atoms with Gasteiger partial charge in [-0.25, -0.2) is 15.0 Å². The maximum atomic E-state index is 10.1. The number of benzene rings is 1. The largest absolute Gasteiger partial charge is 0.508 e. The molecule has 2 aromatic heterocycles. The number of anilines is 1. The van der Waals surface area contributed by atoms with Crippen LogP contribution in [0.1, 0.15) is 5.69 Å². The van der Waals surface area contributed by atoms with Crippen molar-refractivity contribution in [1.82, 2.24) is 15.0 Å². The van der Waals surface area contributed by atoms with Crippen LogP contribution in [0.4, 0.5) is 5.95 Å². The van der Waals surface area contributed by atoms with E-state index in [0.717, 1.165) is 5.56 Å². The van der Waals surface area contributed by atoms with Crippen LogP contribution in [0.15, 0.2) is 42.5 Å². The summed E-state index contributed by atoms with van der Waals surface area (Å²) < 4.78 is 0. The highest BCUT2D eigenvalue weighted by atomic mass is 16.3. The van der Waals surface area contributed by atoms with Gasteiger partial charge in [0.1, 0.15) is 17.2 Å². The molecule has 22 heavy (non-hydrogen) atoms. The van der Waals surface area contributed by atoms with E-state index in [1.165, 1.54) is 0 Å². The van der Waals surface area contributed by atoms with Crippen molar-refractivity contribution in [2.75, 3.05) is 5.73 Å². The number of aryl methyl sites for hydroxylation is 1. The van der Waals surface area contributed by atoms with Crippen LogP contribution < -0.4 is 5.73 Å². The number of nitrogen functional groups attached to an aromatic ring is 1. The van der Waals surface area contributed by atoms with Crippen molar-refractivity contribution >= 4 is 5.95 Å². The molecule has 0 amide bonds.